The summed E-state index contributed by atoms with van der Waals surface area (Å²) in [4.78, 5) is 0.601. The van der Waals surface area contributed by atoms with Crippen molar-refractivity contribution >= 4 is 15.9 Å². The van der Waals surface area contributed by atoms with Crippen LogP contribution in [0.5, 0.6) is 0 Å². The Kier molecular flexibility index (Phi) is 10.5. The number of alkyl halides is 1. The van der Waals surface area contributed by atoms with E-state index in [1.54, 1.807) is 0 Å². The lowest BCUT2D eigenvalue weighted by molar-refractivity contribution is 0.596. The highest BCUT2D eigenvalue weighted by Gasteiger charge is 1.97. The van der Waals surface area contributed by atoms with E-state index in [9.17, 15) is 0 Å². The lowest BCUT2D eigenvalue weighted by Crippen LogP contribution is -1.91. The lowest BCUT2D eigenvalue weighted by Gasteiger charge is -2.03. The van der Waals surface area contributed by atoms with E-state index in [1.807, 2.05) is 0 Å². The number of rotatable bonds is 8. The van der Waals surface area contributed by atoms with Gasteiger partial charge < -0.3 is 0 Å². The van der Waals surface area contributed by atoms with Crippen molar-refractivity contribution < 1.29 is 0 Å². The second-order valence-corrected chi connectivity index (χ2v) is 4.77. The molecule has 0 aromatic heterocycles. The summed E-state index contributed by atoms with van der Waals surface area (Å²) in [6.07, 6.45) is 14.0. The van der Waals surface area contributed by atoms with Crippen molar-refractivity contribution in [3.63, 3.8) is 0 Å². The molecule has 0 N–H and O–H groups in total. The first-order valence-electron chi connectivity index (χ1n) is 5.58. The fraction of sp³-hybridized carbons (Fsp3) is 0.833. The summed E-state index contributed by atoms with van der Waals surface area (Å²) < 4.78 is 0. The van der Waals surface area contributed by atoms with Crippen molar-refractivity contribution in [1.29, 1.82) is 0 Å². The molecule has 0 radical (unpaired) electrons. The quantitative estimate of drug-likeness (QED) is 0.319. The highest BCUT2D eigenvalue weighted by molar-refractivity contribution is 9.09. The topological polar surface area (TPSA) is 0 Å². The summed E-state index contributed by atoms with van der Waals surface area (Å²) in [6, 6.07) is 0. The van der Waals surface area contributed by atoms with Gasteiger partial charge in [-0.1, -0.05) is 73.5 Å². The first-order chi connectivity index (χ1) is 6.31. The van der Waals surface area contributed by atoms with E-state index in [0.717, 1.165) is 0 Å². The van der Waals surface area contributed by atoms with Crippen LogP contribution >= 0.6 is 15.9 Å². The predicted octanol–water partition coefficient (Wildman–Crippen LogP) is 5.08. The third-order valence-corrected chi connectivity index (χ3v) is 3.00. The Morgan fingerprint density at radius 1 is 1.08 bits per heavy atom. The number of hydrogen-bond donors (Lipinski definition) is 0. The molecule has 0 aliphatic heterocycles. The van der Waals surface area contributed by atoms with E-state index in [0.29, 0.717) is 4.83 Å². The third kappa shape index (κ3) is 10.1. The largest absolute Gasteiger partial charge is 0.0906 e. The summed E-state index contributed by atoms with van der Waals surface area (Å²) in [5.74, 6) is 0. The minimum atomic E-state index is 0.601. The van der Waals surface area contributed by atoms with E-state index >= 15 is 0 Å². The Morgan fingerprint density at radius 2 is 1.69 bits per heavy atom. The molecule has 0 saturated heterocycles. The molecule has 0 aromatic carbocycles. The van der Waals surface area contributed by atoms with Crippen LogP contribution in [0.25, 0.3) is 0 Å². The molecule has 0 aromatic rings. The molecule has 0 aliphatic rings. The minimum absolute atomic E-state index is 0.601. The Labute approximate surface area is 91.9 Å². The standard InChI is InChI=1S/C12H23Br/c1-3-5-6-7-8-9-11-12(13)10-4-2/h4,10,12H,3,5-9,11H2,1-2H3. The number of hydrogen-bond acceptors (Lipinski definition) is 0. The maximum Gasteiger partial charge on any atom is 0.0325 e. The van der Waals surface area contributed by atoms with Crippen molar-refractivity contribution in [2.45, 2.75) is 63.6 Å². The fourth-order valence-corrected chi connectivity index (χ4v) is 2.05. The van der Waals surface area contributed by atoms with Crippen LogP contribution in [0, 0.1) is 0 Å². The summed E-state index contributed by atoms with van der Waals surface area (Å²) in [5, 5.41) is 0. The van der Waals surface area contributed by atoms with Crippen molar-refractivity contribution in [3.8, 4) is 0 Å². The summed E-state index contributed by atoms with van der Waals surface area (Å²) in [6.45, 7) is 4.34. The Morgan fingerprint density at radius 3 is 2.31 bits per heavy atom. The monoisotopic (exact) mass is 246 g/mol. The second-order valence-electron chi connectivity index (χ2n) is 3.60. The van der Waals surface area contributed by atoms with E-state index in [2.05, 4.69) is 41.9 Å². The molecule has 1 heteroatoms. The van der Waals surface area contributed by atoms with Crippen LogP contribution in [0.3, 0.4) is 0 Å². The smallest absolute Gasteiger partial charge is 0.0325 e. The Balaban J connectivity index is 3.06. The normalized spacial score (nSPS) is 13.8. The average Bonchev–Trinajstić information content (AvgIpc) is 2.11. The zero-order chi connectivity index (χ0) is 9.94. The Hall–Kier alpha value is 0.220. The van der Waals surface area contributed by atoms with E-state index in [4.69, 9.17) is 0 Å². The van der Waals surface area contributed by atoms with Gasteiger partial charge >= 0.3 is 0 Å². The first kappa shape index (κ1) is 13.2. The molecule has 0 amide bonds. The van der Waals surface area contributed by atoms with Gasteiger partial charge in [-0.05, 0) is 13.3 Å². The van der Waals surface area contributed by atoms with Crippen LogP contribution in [0.4, 0.5) is 0 Å². The van der Waals surface area contributed by atoms with Crippen molar-refractivity contribution in [1.82, 2.24) is 0 Å². The zero-order valence-electron chi connectivity index (χ0n) is 9.06. The van der Waals surface area contributed by atoms with Crippen molar-refractivity contribution in [2.75, 3.05) is 0 Å². The fourth-order valence-electron chi connectivity index (χ4n) is 1.42. The maximum absolute atomic E-state index is 3.63. The molecule has 78 valence electrons. The van der Waals surface area contributed by atoms with Gasteiger partial charge in [-0.25, -0.2) is 0 Å². The Bertz CT molecular complexity index is 118. The number of halogens is 1. The SMILES string of the molecule is CC=CC(Br)CCCCCCCC. The van der Waals surface area contributed by atoms with Crippen LogP contribution in [-0.2, 0) is 0 Å². The molecular formula is C12H23Br. The molecule has 0 bridgehead atoms. The van der Waals surface area contributed by atoms with Crippen LogP contribution in [-0.4, -0.2) is 4.83 Å². The molecule has 0 heterocycles. The summed E-state index contributed by atoms with van der Waals surface area (Å²) in [7, 11) is 0. The van der Waals surface area contributed by atoms with Crippen LogP contribution in [0.15, 0.2) is 12.2 Å². The average molecular weight is 247 g/mol. The number of unbranched alkanes of at least 4 members (excludes halogenated alkanes) is 5. The van der Waals surface area contributed by atoms with Gasteiger partial charge in [0.2, 0.25) is 0 Å². The first-order valence-corrected chi connectivity index (χ1v) is 6.49. The van der Waals surface area contributed by atoms with Gasteiger partial charge in [0.05, 0.1) is 0 Å². The van der Waals surface area contributed by atoms with Crippen molar-refractivity contribution in [3.05, 3.63) is 12.2 Å². The third-order valence-electron chi connectivity index (χ3n) is 2.23. The molecule has 1 atom stereocenters. The number of allylic oxidation sites excluding steroid dienone is 2. The summed E-state index contributed by atoms with van der Waals surface area (Å²) >= 11 is 3.63. The van der Waals surface area contributed by atoms with Crippen LogP contribution in [0.1, 0.15) is 58.8 Å². The molecule has 0 aliphatic carbocycles. The van der Waals surface area contributed by atoms with Gasteiger partial charge in [-0.15, -0.1) is 0 Å². The van der Waals surface area contributed by atoms with E-state index < -0.39 is 0 Å². The van der Waals surface area contributed by atoms with Gasteiger partial charge in [0.1, 0.15) is 0 Å². The molecule has 0 fully saturated rings. The molecule has 0 saturated carbocycles. The van der Waals surface area contributed by atoms with E-state index in [-0.39, 0.29) is 0 Å². The molecule has 0 nitrogen and oxygen atoms in total. The molecule has 0 spiro atoms. The highest BCUT2D eigenvalue weighted by Crippen LogP contribution is 2.13. The van der Waals surface area contributed by atoms with Gasteiger partial charge in [-0.2, -0.15) is 0 Å². The molecular weight excluding hydrogens is 224 g/mol. The van der Waals surface area contributed by atoms with E-state index in [1.165, 1.54) is 44.9 Å². The van der Waals surface area contributed by atoms with Crippen molar-refractivity contribution in [2.24, 2.45) is 0 Å². The molecule has 13 heavy (non-hydrogen) atoms. The second kappa shape index (κ2) is 10.3. The van der Waals surface area contributed by atoms with Gasteiger partial charge in [0.25, 0.3) is 0 Å². The van der Waals surface area contributed by atoms with Crippen LogP contribution in [0.2, 0.25) is 0 Å². The van der Waals surface area contributed by atoms with Gasteiger partial charge in [0.15, 0.2) is 0 Å². The zero-order valence-corrected chi connectivity index (χ0v) is 10.6. The minimum Gasteiger partial charge on any atom is -0.0906 e. The summed E-state index contributed by atoms with van der Waals surface area (Å²) in [5.41, 5.74) is 0. The predicted molar refractivity (Wildman–Crippen MR) is 65.5 cm³/mol. The maximum atomic E-state index is 3.63. The van der Waals surface area contributed by atoms with Gasteiger partial charge in [0, 0.05) is 4.83 Å². The van der Waals surface area contributed by atoms with Gasteiger partial charge in [-0.3, -0.25) is 0 Å². The molecule has 1 unspecified atom stereocenters. The molecule has 0 rings (SSSR count). The van der Waals surface area contributed by atoms with Crippen LogP contribution < -0.4 is 0 Å². The lowest BCUT2D eigenvalue weighted by atomic mass is 10.1. The highest BCUT2D eigenvalue weighted by atomic mass is 79.9.